The van der Waals surface area contributed by atoms with Crippen molar-refractivity contribution in [1.29, 1.82) is 0 Å². The lowest BCUT2D eigenvalue weighted by Crippen LogP contribution is -2.29. The van der Waals surface area contributed by atoms with Crippen molar-refractivity contribution in [2.24, 2.45) is 0 Å². The molecule has 6 heteroatoms. The highest BCUT2D eigenvalue weighted by atomic mass is 16.5. The number of benzene rings is 1. The first-order chi connectivity index (χ1) is 10.6. The summed E-state index contributed by atoms with van der Waals surface area (Å²) in [5.41, 5.74) is 1.58. The van der Waals surface area contributed by atoms with E-state index in [9.17, 15) is 14.7 Å². The van der Waals surface area contributed by atoms with Crippen molar-refractivity contribution >= 4 is 22.8 Å². The summed E-state index contributed by atoms with van der Waals surface area (Å²) in [6.07, 6.45) is 0.0405. The molecule has 1 aromatic carbocycles. The highest BCUT2D eigenvalue weighted by Crippen LogP contribution is 2.27. The lowest BCUT2D eigenvalue weighted by molar-refractivity contribution is -0.120. The molecule has 118 valence electrons. The number of methoxy groups -OCH3 is 1. The SMILES string of the molecule is CCn1c(C(=O)O)c(CC(=O)NCCOC)c2ccccc21. The Morgan fingerprint density at radius 3 is 2.68 bits per heavy atom. The summed E-state index contributed by atoms with van der Waals surface area (Å²) in [6.45, 7) is 3.26. The van der Waals surface area contributed by atoms with E-state index >= 15 is 0 Å². The van der Waals surface area contributed by atoms with Crippen LogP contribution in [-0.2, 0) is 22.5 Å². The van der Waals surface area contributed by atoms with Crippen molar-refractivity contribution < 1.29 is 19.4 Å². The first-order valence-electron chi connectivity index (χ1n) is 7.19. The molecular weight excluding hydrogens is 284 g/mol. The highest BCUT2D eigenvalue weighted by molar-refractivity contribution is 6.00. The molecule has 1 amide bonds. The molecule has 6 nitrogen and oxygen atoms in total. The van der Waals surface area contributed by atoms with Gasteiger partial charge in [-0.05, 0) is 13.0 Å². The van der Waals surface area contributed by atoms with Crippen LogP contribution < -0.4 is 5.32 Å². The van der Waals surface area contributed by atoms with E-state index in [-0.39, 0.29) is 18.0 Å². The van der Waals surface area contributed by atoms with Crippen molar-refractivity contribution in [2.45, 2.75) is 19.9 Å². The summed E-state index contributed by atoms with van der Waals surface area (Å²) in [7, 11) is 1.56. The second kappa shape index (κ2) is 7.09. The Kier molecular flexibility index (Phi) is 5.16. The molecule has 0 unspecified atom stereocenters. The molecule has 2 aromatic rings. The van der Waals surface area contributed by atoms with Gasteiger partial charge in [0.15, 0.2) is 0 Å². The number of carboxylic acid groups (broad SMARTS) is 1. The molecule has 1 heterocycles. The number of nitrogens with zero attached hydrogens (tertiary/aromatic N) is 1. The van der Waals surface area contributed by atoms with Crippen LogP contribution in [0.25, 0.3) is 10.9 Å². The minimum absolute atomic E-state index is 0.0405. The number of rotatable bonds is 7. The normalized spacial score (nSPS) is 10.8. The Hall–Kier alpha value is -2.34. The standard InChI is InChI=1S/C16H20N2O4/c1-3-18-13-7-5-4-6-11(13)12(15(18)16(20)21)10-14(19)17-8-9-22-2/h4-7H,3,8-10H2,1-2H3,(H,17,19)(H,20,21). The van der Waals surface area contributed by atoms with E-state index in [1.54, 1.807) is 11.7 Å². The fourth-order valence-corrected chi connectivity index (χ4v) is 2.64. The van der Waals surface area contributed by atoms with Crippen molar-refractivity contribution in [3.8, 4) is 0 Å². The third kappa shape index (κ3) is 3.12. The number of carboxylic acids is 1. The third-order valence-corrected chi connectivity index (χ3v) is 3.56. The Bertz CT molecular complexity index is 691. The summed E-state index contributed by atoms with van der Waals surface area (Å²) in [6, 6.07) is 7.44. The number of para-hydroxylation sites is 1. The molecular formula is C16H20N2O4. The molecule has 22 heavy (non-hydrogen) atoms. The van der Waals surface area contributed by atoms with Gasteiger partial charge in [0.1, 0.15) is 5.69 Å². The Morgan fingerprint density at radius 2 is 2.05 bits per heavy atom. The molecule has 0 aliphatic rings. The van der Waals surface area contributed by atoms with Crippen LogP contribution >= 0.6 is 0 Å². The van der Waals surface area contributed by atoms with E-state index < -0.39 is 5.97 Å². The van der Waals surface area contributed by atoms with E-state index in [2.05, 4.69) is 5.32 Å². The Morgan fingerprint density at radius 1 is 1.32 bits per heavy atom. The van der Waals surface area contributed by atoms with E-state index in [4.69, 9.17) is 4.74 Å². The van der Waals surface area contributed by atoms with Gasteiger partial charge in [0.2, 0.25) is 5.91 Å². The van der Waals surface area contributed by atoms with Gasteiger partial charge in [-0.1, -0.05) is 18.2 Å². The number of hydrogen-bond acceptors (Lipinski definition) is 3. The van der Waals surface area contributed by atoms with Gasteiger partial charge >= 0.3 is 5.97 Å². The number of aromatic carboxylic acids is 1. The van der Waals surface area contributed by atoms with Crippen molar-refractivity contribution in [3.05, 3.63) is 35.5 Å². The van der Waals surface area contributed by atoms with E-state index in [1.165, 1.54) is 0 Å². The molecule has 2 N–H and O–H groups in total. The smallest absolute Gasteiger partial charge is 0.352 e. The molecule has 0 radical (unpaired) electrons. The molecule has 0 atom stereocenters. The number of aromatic nitrogens is 1. The summed E-state index contributed by atoms with van der Waals surface area (Å²) in [5, 5.41) is 13.1. The van der Waals surface area contributed by atoms with Crippen LogP contribution in [0.4, 0.5) is 0 Å². The zero-order chi connectivity index (χ0) is 16.1. The minimum Gasteiger partial charge on any atom is -0.477 e. The maximum Gasteiger partial charge on any atom is 0.352 e. The molecule has 1 aromatic heterocycles. The second-order valence-corrected chi connectivity index (χ2v) is 4.91. The molecule has 0 saturated heterocycles. The van der Waals surface area contributed by atoms with E-state index in [0.29, 0.717) is 25.3 Å². The fourth-order valence-electron chi connectivity index (χ4n) is 2.64. The van der Waals surface area contributed by atoms with Gasteiger partial charge in [-0.3, -0.25) is 4.79 Å². The molecule has 2 rings (SSSR count). The van der Waals surface area contributed by atoms with Crippen LogP contribution in [0.5, 0.6) is 0 Å². The van der Waals surface area contributed by atoms with Crippen molar-refractivity contribution in [2.75, 3.05) is 20.3 Å². The molecule has 0 aliphatic heterocycles. The summed E-state index contributed by atoms with van der Waals surface area (Å²) >= 11 is 0. The second-order valence-electron chi connectivity index (χ2n) is 4.91. The van der Waals surface area contributed by atoms with Crippen LogP contribution in [0.15, 0.2) is 24.3 Å². The van der Waals surface area contributed by atoms with Crippen molar-refractivity contribution in [3.63, 3.8) is 0 Å². The number of nitrogens with one attached hydrogen (secondary N) is 1. The van der Waals surface area contributed by atoms with E-state index in [0.717, 1.165) is 10.9 Å². The zero-order valence-electron chi connectivity index (χ0n) is 12.8. The maximum absolute atomic E-state index is 12.0. The van der Waals surface area contributed by atoms with Crippen LogP contribution in [0.3, 0.4) is 0 Å². The number of amides is 1. The van der Waals surface area contributed by atoms with Gasteiger partial charge in [0, 0.05) is 36.7 Å². The first kappa shape index (κ1) is 16.0. The average Bonchev–Trinajstić information content (AvgIpc) is 2.81. The summed E-state index contributed by atoms with van der Waals surface area (Å²) < 4.78 is 6.61. The summed E-state index contributed by atoms with van der Waals surface area (Å²) in [5.74, 6) is -1.23. The first-order valence-corrected chi connectivity index (χ1v) is 7.19. The Labute approximate surface area is 128 Å². The van der Waals surface area contributed by atoms with Gasteiger partial charge in [-0.25, -0.2) is 4.79 Å². The zero-order valence-corrected chi connectivity index (χ0v) is 12.8. The molecule has 0 spiro atoms. The number of carbonyl (C=O) groups excluding carboxylic acids is 1. The average molecular weight is 304 g/mol. The Balaban J connectivity index is 2.41. The number of fused-ring (bicyclic) bond motifs is 1. The quantitative estimate of drug-likeness (QED) is 0.762. The highest BCUT2D eigenvalue weighted by Gasteiger charge is 2.22. The monoisotopic (exact) mass is 304 g/mol. The van der Waals surface area contributed by atoms with Gasteiger partial charge < -0.3 is 19.7 Å². The third-order valence-electron chi connectivity index (χ3n) is 3.56. The lowest BCUT2D eigenvalue weighted by Gasteiger charge is -2.07. The maximum atomic E-state index is 12.0. The van der Waals surface area contributed by atoms with Crippen LogP contribution in [0.2, 0.25) is 0 Å². The molecule has 0 aliphatic carbocycles. The van der Waals surface area contributed by atoms with Crippen molar-refractivity contribution in [1.82, 2.24) is 9.88 Å². The number of aryl methyl sites for hydroxylation is 1. The van der Waals surface area contributed by atoms with Crippen LogP contribution in [0, 0.1) is 0 Å². The fraction of sp³-hybridized carbons (Fsp3) is 0.375. The minimum atomic E-state index is -1.02. The van der Waals surface area contributed by atoms with Gasteiger partial charge in [0.25, 0.3) is 0 Å². The summed E-state index contributed by atoms with van der Waals surface area (Å²) in [4.78, 5) is 23.7. The van der Waals surface area contributed by atoms with Crippen LogP contribution in [-0.4, -0.2) is 41.8 Å². The van der Waals surface area contributed by atoms with E-state index in [1.807, 2.05) is 31.2 Å². The van der Waals surface area contributed by atoms with Crippen LogP contribution in [0.1, 0.15) is 23.0 Å². The van der Waals surface area contributed by atoms with Gasteiger partial charge in [0.05, 0.1) is 13.0 Å². The predicted octanol–water partition coefficient (Wildman–Crippen LogP) is 1.66. The number of ether oxygens (including phenoxy) is 1. The predicted molar refractivity (Wildman–Crippen MR) is 83.2 cm³/mol. The largest absolute Gasteiger partial charge is 0.477 e. The van der Waals surface area contributed by atoms with Gasteiger partial charge in [-0.2, -0.15) is 0 Å². The molecule has 0 bridgehead atoms. The molecule has 0 saturated carbocycles. The lowest BCUT2D eigenvalue weighted by atomic mass is 10.1. The topological polar surface area (TPSA) is 80.6 Å². The number of carbonyl (C=O) groups is 2. The number of hydrogen-bond donors (Lipinski definition) is 2. The molecule has 0 fully saturated rings. The van der Waals surface area contributed by atoms with Gasteiger partial charge in [-0.15, -0.1) is 0 Å².